The van der Waals surface area contributed by atoms with Crippen molar-refractivity contribution >= 4 is 5.91 Å². The van der Waals surface area contributed by atoms with Crippen molar-refractivity contribution in [2.45, 2.75) is 52.3 Å². The molecule has 0 atom stereocenters. The number of hydrogen-bond donors (Lipinski definition) is 2. The largest absolute Gasteiger partial charge is 0.390 e. The van der Waals surface area contributed by atoms with E-state index in [0.29, 0.717) is 18.5 Å². The molecule has 0 unspecified atom stereocenters. The van der Waals surface area contributed by atoms with Crippen molar-refractivity contribution in [3.63, 3.8) is 0 Å². The van der Waals surface area contributed by atoms with E-state index < -0.39 is 5.60 Å². The van der Waals surface area contributed by atoms with Crippen molar-refractivity contribution in [1.29, 1.82) is 0 Å². The van der Waals surface area contributed by atoms with Crippen molar-refractivity contribution < 1.29 is 9.90 Å². The summed E-state index contributed by atoms with van der Waals surface area (Å²) in [5.74, 6) is -0.0982. The fourth-order valence-electron chi connectivity index (χ4n) is 2.37. The van der Waals surface area contributed by atoms with Crippen LogP contribution in [0, 0.1) is 0 Å². The summed E-state index contributed by atoms with van der Waals surface area (Å²) < 4.78 is 2.00. The topological polar surface area (TPSA) is 67.2 Å². The highest BCUT2D eigenvalue weighted by molar-refractivity contribution is 5.94. The maximum Gasteiger partial charge on any atom is 0.251 e. The Hall–Kier alpha value is -2.14. The van der Waals surface area contributed by atoms with Crippen molar-refractivity contribution in [3.8, 4) is 0 Å². The van der Waals surface area contributed by atoms with Gasteiger partial charge < -0.3 is 15.0 Å². The Bertz CT molecular complexity index is 656. The van der Waals surface area contributed by atoms with Gasteiger partial charge in [0.05, 0.1) is 24.2 Å². The lowest BCUT2D eigenvalue weighted by molar-refractivity contribution is 0.0714. The summed E-state index contributed by atoms with van der Waals surface area (Å²) in [4.78, 5) is 16.4. The molecule has 0 radical (unpaired) electrons. The molecule has 0 spiro atoms. The molecular weight excluding hydrogens is 290 g/mol. The van der Waals surface area contributed by atoms with Crippen molar-refractivity contribution in [2.24, 2.45) is 0 Å². The first kappa shape index (κ1) is 17.2. The molecule has 0 bridgehead atoms. The van der Waals surface area contributed by atoms with E-state index in [2.05, 4.69) is 10.3 Å². The summed E-state index contributed by atoms with van der Waals surface area (Å²) in [5.41, 5.74) is 1.98. The average molecular weight is 315 g/mol. The Kier molecular flexibility index (Phi) is 5.55. The van der Waals surface area contributed by atoms with Crippen LogP contribution in [0.25, 0.3) is 0 Å². The van der Waals surface area contributed by atoms with E-state index in [1.54, 1.807) is 32.4 Å². The van der Waals surface area contributed by atoms with Crippen molar-refractivity contribution in [3.05, 3.63) is 53.6 Å². The molecule has 1 aromatic heterocycles. The van der Waals surface area contributed by atoms with E-state index in [4.69, 9.17) is 0 Å². The Balaban J connectivity index is 1.97. The van der Waals surface area contributed by atoms with Crippen LogP contribution in [-0.4, -0.2) is 26.2 Å². The first-order valence-corrected chi connectivity index (χ1v) is 7.97. The first-order chi connectivity index (χ1) is 10.9. The highest BCUT2D eigenvalue weighted by Crippen LogP contribution is 2.14. The molecule has 124 valence electrons. The number of aryl methyl sites for hydroxylation is 2. The summed E-state index contributed by atoms with van der Waals surface area (Å²) in [6, 6.07) is 7.55. The highest BCUT2D eigenvalue weighted by atomic mass is 16.3. The van der Waals surface area contributed by atoms with Crippen LogP contribution in [-0.2, 0) is 19.5 Å². The molecule has 0 aliphatic heterocycles. The Morgan fingerprint density at radius 3 is 2.87 bits per heavy atom. The first-order valence-electron chi connectivity index (χ1n) is 7.97. The average Bonchev–Trinajstić information content (AvgIpc) is 2.97. The number of rotatable bonds is 7. The number of nitrogens with one attached hydrogen (secondary N) is 1. The molecular formula is C18H25N3O2. The van der Waals surface area contributed by atoms with E-state index in [9.17, 15) is 9.90 Å². The molecule has 0 aliphatic carbocycles. The van der Waals surface area contributed by atoms with Crippen LogP contribution in [0.5, 0.6) is 0 Å². The molecule has 0 fully saturated rings. The molecule has 5 heteroatoms. The summed E-state index contributed by atoms with van der Waals surface area (Å²) in [5, 5.41) is 12.7. The van der Waals surface area contributed by atoms with Crippen LogP contribution in [0.1, 0.15) is 48.8 Å². The van der Waals surface area contributed by atoms with E-state index in [0.717, 1.165) is 24.2 Å². The quantitative estimate of drug-likeness (QED) is 0.825. The lowest BCUT2D eigenvalue weighted by atomic mass is 9.98. The third-order valence-corrected chi connectivity index (χ3v) is 3.78. The molecule has 5 nitrogen and oxygen atoms in total. The molecule has 2 N–H and O–H groups in total. The van der Waals surface area contributed by atoms with Gasteiger partial charge in [0, 0.05) is 18.3 Å². The van der Waals surface area contributed by atoms with Gasteiger partial charge in [-0.3, -0.25) is 4.79 Å². The number of aromatic nitrogens is 2. The molecule has 0 aliphatic rings. The number of hydrogen-bond acceptors (Lipinski definition) is 3. The lowest BCUT2D eigenvalue weighted by Gasteiger charge is -2.16. The Labute approximate surface area is 137 Å². The van der Waals surface area contributed by atoms with Crippen LogP contribution >= 0.6 is 0 Å². The van der Waals surface area contributed by atoms with E-state index in [1.165, 1.54) is 0 Å². The lowest BCUT2D eigenvalue weighted by Crippen LogP contribution is -2.24. The van der Waals surface area contributed by atoms with E-state index in [1.807, 2.05) is 29.7 Å². The van der Waals surface area contributed by atoms with Crippen LogP contribution in [0.3, 0.4) is 0 Å². The molecule has 1 aromatic carbocycles. The SMILES string of the molecule is CCn1cncc1CNC(=O)c1cccc(CCC(C)(C)O)c1. The van der Waals surface area contributed by atoms with Gasteiger partial charge in [0.25, 0.3) is 5.91 Å². The predicted molar refractivity (Wildman–Crippen MR) is 90.1 cm³/mol. The van der Waals surface area contributed by atoms with E-state index in [-0.39, 0.29) is 5.91 Å². The number of amides is 1. The van der Waals surface area contributed by atoms with Gasteiger partial charge in [-0.15, -0.1) is 0 Å². The summed E-state index contributed by atoms with van der Waals surface area (Å²) >= 11 is 0. The van der Waals surface area contributed by atoms with Gasteiger partial charge in [-0.2, -0.15) is 0 Å². The molecule has 0 saturated heterocycles. The standard InChI is InChI=1S/C18H25N3O2/c1-4-21-13-19-11-16(21)12-20-17(22)15-7-5-6-14(10-15)8-9-18(2,3)23/h5-7,10-11,13,23H,4,8-9,12H2,1-3H3,(H,20,22). The third-order valence-electron chi connectivity index (χ3n) is 3.78. The highest BCUT2D eigenvalue weighted by Gasteiger charge is 2.13. The summed E-state index contributed by atoms with van der Waals surface area (Å²) in [6.07, 6.45) is 4.93. The minimum absolute atomic E-state index is 0.0982. The van der Waals surface area contributed by atoms with Crippen LogP contribution in [0.2, 0.25) is 0 Å². The van der Waals surface area contributed by atoms with Crippen LogP contribution < -0.4 is 5.32 Å². The predicted octanol–water partition coefficient (Wildman–Crippen LogP) is 2.54. The van der Waals surface area contributed by atoms with Gasteiger partial charge in [-0.25, -0.2) is 4.98 Å². The molecule has 1 heterocycles. The van der Waals surface area contributed by atoms with Gasteiger partial charge in [-0.1, -0.05) is 12.1 Å². The smallest absolute Gasteiger partial charge is 0.251 e. The number of carbonyl (C=O) groups excluding carboxylic acids is 1. The Morgan fingerprint density at radius 1 is 1.39 bits per heavy atom. The monoisotopic (exact) mass is 315 g/mol. The summed E-state index contributed by atoms with van der Waals surface area (Å²) in [7, 11) is 0. The normalized spacial score (nSPS) is 11.5. The molecule has 2 rings (SSSR count). The third kappa shape index (κ3) is 5.21. The van der Waals surface area contributed by atoms with Crippen molar-refractivity contribution in [1.82, 2.24) is 14.9 Å². The van der Waals surface area contributed by atoms with Crippen LogP contribution in [0.15, 0.2) is 36.8 Å². The van der Waals surface area contributed by atoms with E-state index >= 15 is 0 Å². The van der Waals surface area contributed by atoms with Crippen LogP contribution in [0.4, 0.5) is 0 Å². The number of carbonyl (C=O) groups is 1. The van der Waals surface area contributed by atoms with Crippen molar-refractivity contribution in [2.75, 3.05) is 0 Å². The number of imidazole rings is 1. The molecule has 1 amide bonds. The zero-order valence-corrected chi connectivity index (χ0v) is 14.0. The van der Waals surface area contributed by atoms with Gasteiger partial charge >= 0.3 is 0 Å². The summed E-state index contributed by atoms with van der Waals surface area (Å²) in [6.45, 7) is 6.91. The number of aliphatic hydroxyl groups is 1. The zero-order chi connectivity index (χ0) is 16.9. The second-order valence-corrected chi connectivity index (χ2v) is 6.37. The molecule has 0 saturated carbocycles. The maximum atomic E-state index is 12.3. The van der Waals surface area contributed by atoms with Gasteiger partial charge in [0.15, 0.2) is 0 Å². The number of benzene rings is 1. The fraction of sp³-hybridized carbons (Fsp3) is 0.444. The zero-order valence-electron chi connectivity index (χ0n) is 14.0. The second-order valence-electron chi connectivity index (χ2n) is 6.37. The fourth-order valence-corrected chi connectivity index (χ4v) is 2.37. The Morgan fingerprint density at radius 2 is 2.17 bits per heavy atom. The van der Waals surface area contributed by atoms with Gasteiger partial charge in [0.2, 0.25) is 0 Å². The maximum absolute atomic E-state index is 12.3. The number of nitrogens with zero attached hydrogens (tertiary/aromatic N) is 2. The molecule has 2 aromatic rings. The molecule has 23 heavy (non-hydrogen) atoms. The van der Waals surface area contributed by atoms with Gasteiger partial charge in [-0.05, 0) is 51.3 Å². The van der Waals surface area contributed by atoms with Gasteiger partial charge in [0.1, 0.15) is 0 Å². The second kappa shape index (κ2) is 7.42. The minimum Gasteiger partial charge on any atom is -0.390 e. The minimum atomic E-state index is -0.698.